The molecule has 0 fully saturated rings. The number of nitrogens with one attached hydrogen (secondary N) is 1. The van der Waals surface area contributed by atoms with Gasteiger partial charge in [0.2, 0.25) is 5.13 Å². The first-order valence-electron chi connectivity index (χ1n) is 4.77. The van der Waals surface area contributed by atoms with E-state index in [1.165, 1.54) is 11.3 Å². The van der Waals surface area contributed by atoms with Crippen molar-refractivity contribution in [2.45, 2.75) is 19.8 Å². The van der Waals surface area contributed by atoms with E-state index in [0.29, 0.717) is 15.7 Å². The number of nitrogens with two attached hydrogens (primary N) is 1. The van der Waals surface area contributed by atoms with Gasteiger partial charge in [0.25, 0.3) is 5.56 Å². The Bertz CT molecular complexity index is 559. The summed E-state index contributed by atoms with van der Waals surface area (Å²) in [6.45, 7) is 4.00. The molecule has 0 aromatic carbocycles. The Morgan fingerprint density at radius 1 is 1.44 bits per heavy atom. The molecule has 84 valence electrons. The van der Waals surface area contributed by atoms with Crippen LogP contribution in [0.15, 0.2) is 10.9 Å². The van der Waals surface area contributed by atoms with Crippen LogP contribution in [0.25, 0.3) is 10.6 Å². The molecule has 0 atom stereocenters. The molecule has 6 nitrogen and oxygen atoms in total. The highest BCUT2D eigenvalue weighted by Crippen LogP contribution is 2.23. The monoisotopic (exact) mass is 237 g/mol. The third kappa shape index (κ3) is 1.94. The zero-order chi connectivity index (χ0) is 11.7. The summed E-state index contributed by atoms with van der Waals surface area (Å²) in [5, 5.41) is 14.8. The van der Waals surface area contributed by atoms with Crippen molar-refractivity contribution >= 4 is 16.5 Å². The number of hydrogen-bond acceptors (Lipinski definition) is 6. The maximum Gasteiger partial charge on any atom is 0.274 e. The summed E-state index contributed by atoms with van der Waals surface area (Å²) in [7, 11) is 0. The molecule has 0 unspecified atom stereocenters. The average Bonchev–Trinajstić information content (AvgIpc) is 2.65. The van der Waals surface area contributed by atoms with E-state index in [0.717, 1.165) is 5.69 Å². The predicted molar refractivity (Wildman–Crippen MR) is 62.3 cm³/mol. The fourth-order valence-electron chi connectivity index (χ4n) is 1.22. The molecule has 2 rings (SSSR count). The van der Waals surface area contributed by atoms with Gasteiger partial charge in [0, 0.05) is 0 Å². The Kier molecular flexibility index (Phi) is 2.69. The van der Waals surface area contributed by atoms with Gasteiger partial charge in [-0.2, -0.15) is 5.10 Å². The molecule has 7 heteroatoms. The average molecular weight is 237 g/mol. The van der Waals surface area contributed by atoms with Crippen molar-refractivity contribution in [3.63, 3.8) is 0 Å². The molecule has 2 aromatic heterocycles. The first kappa shape index (κ1) is 10.7. The van der Waals surface area contributed by atoms with Crippen LogP contribution in [0.3, 0.4) is 0 Å². The summed E-state index contributed by atoms with van der Waals surface area (Å²) >= 11 is 1.18. The quantitative estimate of drug-likeness (QED) is 0.811. The third-order valence-corrected chi connectivity index (χ3v) is 2.87. The zero-order valence-corrected chi connectivity index (χ0v) is 9.71. The highest BCUT2D eigenvalue weighted by atomic mass is 32.1. The van der Waals surface area contributed by atoms with Crippen LogP contribution in [0.1, 0.15) is 25.5 Å². The van der Waals surface area contributed by atoms with Crippen molar-refractivity contribution in [1.29, 1.82) is 0 Å². The van der Waals surface area contributed by atoms with E-state index in [1.54, 1.807) is 6.07 Å². The number of nitrogen functional groups attached to an aromatic ring is 1. The lowest BCUT2D eigenvalue weighted by molar-refractivity contribution is 0.778. The Labute approximate surface area is 95.5 Å². The van der Waals surface area contributed by atoms with E-state index in [2.05, 4.69) is 20.4 Å². The van der Waals surface area contributed by atoms with Crippen LogP contribution < -0.4 is 11.3 Å². The minimum absolute atomic E-state index is 0.237. The molecular weight excluding hydrogens is 226 g/mol. The summed E-state index contributed by atoms with van der Waals surface area (Å²) in [6, 6.07) is 1.73. The van der Waals surface area contributed by atoms with Gasteiger partial charge in [-0.3, -0.25) is 4.79 Å². The Morgan fingerprint density at radius 3 is 2.75 bits per heavy atom. The van der Waals surface area contributed by atoms with Gasteiger partial charge in [-0.15, -0.1) is 10.2 Å². The molecule has 0 bridgehead atoms. The minimum Gasteiger partial charge on any atom is -0.374 e. The van der Waals surface area contributed by atoms with Gasteiger partial charge in [-0.1, -0.05) is 25.2 Å². The van der Waals surface area contributed by atoms with Crippen molar-refractivity contribution in [2.24, 2.45) is 0 Å². The number of aromatic amines is 1. The van der Waals surface area contributed by atoms with Crippen LogP contribution in [0.5, 0.6) is 0 Å². The molecule has 0 aliphatic rings. The van der Waals surface area contributed by atoms with E-state index < -0.39 is 0 Å². The highest BCUT2D eigenvalue weighted by Gasteiger charge is 2.12. The zero-order valence-electron chi connectivity index (χ0n) is 8.89. The predicted octanol–water partition coefficient (Wildman–Crippen LogP) is 0.994. The molecule has 0 aliphatic heterocycles. The number of nitrogens with zero attached hydrogens (tertiary/aromatic N) is 3. The van der Waals surface area contributed by atoms with Gasteiger partial charge >= 0.3 is 0 Å². The van der Waals surface area contributed by atoms with Crippen LogP contribution in [0.2, 0.25) is 0 Å². The van der Waals surface area contributed by atoms with Gasteiger partial charge in [-0.25, -0.2) is 5.10 Å². The second-order valence-corrected chi connectivity index (χ2v) is 4.64. The Hall–Kier alpha value is -1.76. The fourth-order valence-corrected chi connectivity index (χ4v) is 1.84. The van der Waals surface area contributed by atoms with E-state index in [-0.39, 0.29) is 11.5 Å². The molecule has 16 heavy (non-hydrogen) atoms. The van der Waals surface area contributed by atoms with Crippen molar-refractivity contribution < 1.29 is 0 Å². The van der Waals surface area contributed by atoms with Gasteiger partial charge in [0.15, 0.2) is 5.01 Å². The lowest BCUT2D eigenvalue weighted by Gasteiger charge is -2.03. The van der Waals surface area contributed by atoms with Gasteiger partial charge < -0.3 is 5.73 Å². The smallest absolute Gasteiger partial charge is 0.274 e. The molecule has 0 amide bonds. The Morgan fingerprint density at radius 2 is 2.19 bits per heavy atom. The molecule has 2 heterocycles. The summed E-state index contributed by atoms with van der Waals surface area (Å²) in [6.07, 6.45) is 0. The van der Waals surface area contributed by atoms with Crippen LogP contribution in [0.4, 0.5) is 5.13 Å². The maximum absolute atomic E-state index is 11.6. The van der Waals surface area contributed by atoms with Crippen molar-refractivity contribution in [2.75, 3.05) is 5.73 Å². The standard InChI is InChI=1S/C9H11N5OS/c1-4(2)6-3-5(7(15)12-11-6)8-13-14-9(10)16-8/h3-4H,1-2H3,(H2,10,14)(H,12,15). The maximum atomic E-state index is 11.6. The second-order valence-electron chi connectivity index (χ2n) is 3.64. The summed E-state index contributed by atoms with van der Waals surface area (Å²) in [5.74, 6) is 0.237. The molecule has 0 saturated carbocycles. The lowest BCUT2D eigenvalue weighted by Crippen LogP contribution is -2.13. The third-order valence-electron chi connectivity index (χ3n) is 2.09. The number of aromatic nitrogens is 4. The molecule has 2 aromatic rings. The first-order chi connectivity index (χ1) is 7.58. The van der Waals surface area contributed by atoms with Gasteiger partial charge in [0.05, 0.1) is 11.3 Å². The highest BCUT2D eigenvalue weighted by molar-refractivity contribution is 7.18. The molecule has 0 spiro atoms. The fraction of sp³-hybridized carbons (Fsp3) is 0.333. The number of H-pyrrole nitrogens is 1. The van der Waals surface area contributed by atoms with Crippen molar-refractivity contribution in [3.8, 4) is 10.6 Å². The summed E-state index contributed by atoms with van der Waals surface area (Å²) < 4.78 is 0. The number of rotatable bonds is 2. The van der Waals surface area contributed by atoms with E-state index >= 15 is 0 Å². The topological polar surface area (TPSA) is 97.5 Å². The Balaban J connectivity index is 2.55. The summed E-state index contributed by atoms with van der Waals surface area (Å²) in [5.41, 5.74) is 6.48. The molecule has 3 N–H and O–H groups in total. The van der Waals surface area contributed by atoms with E-state index in [4.69, 9.17) is 5.73 Å². The first-order valence-corrected chi connectivity index (χ1v) is 5.58. The second kappa shape index (κ2) is 4.01. The van der Waals surface area contributed by atoms with Crippen LogP contribution in [0, 0.1) is 0 Å². The van der Waals surface area contributed by atoms with E-state index in [1.807, 2.05) is 13.8 Å². The number of anilines is 1. The van der Waals surface area contributed by atoms with Crippen molar-refractivity contribution in [1.82, 2.24) is 20.4 Å². The van der Waals surface area contributed by atoms with Gasteiger partial charge in [0.1, 0.15) is 0 Å². The molecule has 0 radical (unpaired) electrons. The molecule has 0 aliphatic carbocycles. The SMILES string of the molecule is CC(C)c1cc(-c2nnc(N)s2)c(=O)[nH]n1. The molecule has 0 saturated heterocycles. The summed E-state index contributed by atoms with van der Waals surface area (Å²) in [4.78, 5) is 11.6. The van der Waals surface area contributed by atoms with Gasteiger partial charge in [-0.05, 0) is 12.0 Å². The van der Waals surface area contributed by atoms with Crippen LogP contribution >= 0.6 is 11.3 Å². The normalized spacial score (nSPS) is 10.9. The van der Waals surface area contributed by atoms with Crippen LogP contribution in [-0.4, -0.2) is 20.4 Å². The largest absolute Gasteiger partial charge is 0.374 e. The van der Waals surface area contributed by atoms with Crippen molar-refractivity contribution in [3.05, 3.63) is 22.1 Å². The molecular formula is C9H11N5OS. The van der Waals surface area contributed by atoms with Crippen LogP contribution in [-0.2, 0) is 0 Å². The minimum atomic E-state index is -0.277. The van der Waals surface area contributed by atoms with E-state index in [9.17, 15) is 4.79 Å². The number of hydrogen-bond donors (Lipinski definition) is 2. The lowest BCUT2D eigenvalue weighted by atomic mass is 10.1.